The van der Waals surface area contributed by atoms with Crippen molar-refractivity contribution < 1.29 is 62.3 Å². The summed E-state index contributed by atoms with van der Waals surface area (Å²) in [7, 11) is -4.62. The Morgan fingerprint density at radius 2 is 1.48 bits per heavy atom. The fourth-order valence-corrected chi connectivity index (χ4v) is 4.16. The summed E-state index contributed by atoms with van der Waals surface area (Å²) < 4.78 is 32.9. The number of phenolic OH excluding ortho intramolecular Hbond substituents is 1. The first-order chi connectivity index (χ1) is 14.1. The number of aryl methyl sites for hydroxylation is 1. The van der Waals surface area contributed by atoms with E-state index in [1.54, 1.807) is 25.1 Å². The van der Waals surface area contributed by atoms with Crippen molar-refractivity contribution in [2.45, 2.75) is 11.8 Å². The maximum atomic E-state index is 12.9. The molecule has 0 aromatic heterocycles. The van der Waals surface area contributed by atoms with E-state index < -0.39 is 49.2 Å². The molecule has 0 amide bonds. The second-order valence-electron chi connectivity index (χ2n) is 6.82. The summed E-state index contributed by atoms with van der Waals surface area (Å²) in [5.74, 6) is -2.85. The van der Waals surface area contributed by atoms with Crippen LogP contribution >= 0.6 is 0 Å². The number of fused-ring (bicyclic) bond motifs is 2. The van der Waals surface area contributed by atoms with Gasteiger partial charge in [-0.3, -0.25) is 14.1 Å². The zero-order chi connectivity index (χ0) is 21.8. The van der Waals surface area contributed by atoms with Crippen molar-refractivity contribution in [3.05, 3.63) is 76.3 Å². The number of anilines is 2. The van der Waals surface area contributed by atoms with Gasteiger partial charge in [0, 0.05) is 16.7 Å². The Kier molecular flexibility index (Phi) is 6.01. The van der Waals surface area contributed by atoms with E-state index in [1.807, 2.05) is 0 Å². The first-order valence-corrected chi connectivity index (χ1v) is 10.1. The Balaban J connectivity index is 0.00000272. The van der Waals surface area contributed by atoms with Crippen LogP contribution in [0, 0.1) is 6.92 Å². The standard InChI is InChI=1S/C21H15NO7S.Na/c1-10-6-7-13(16(8-10)30(27,28)29)22-14-9-15(23)17-18(21(14)26)20(25)12-5-3-2-4-11(12)19(17)24;/h2-9,22-23,26H,1H3,(H,27,28,29);/q;+1/p-1. The molecule has 0 saturated carbocycles. The molecule has 0 aliphatic heterocycles. The van der Waals surface area contributed by atoms with Crippen LogP contribution in [0.4, 0.5) is 11.4 Å². The van der Waals surface area contributed by atoms with Crippen LogP contribution in [-0.4, -0.2) is 29.6 Å². The molecule has 0 unspecified atom stereocenters. The summed E-state index contributed by atoms with van der Waals surface area (Å²) in [5, 5.41) is 25.9. The Labute approximate surface area is 199 Å². The molecule has 4 rings (SSSR count). The number of benzene rings is 3. The molecule has 10 heteroatoms. The van der Waals surface area contributed by atoms with E-state index in [2.05, 4.69) is 5.32 Å². The fraction of sp³-hybridized carbons (Fsp3) is 0.0476. The predicted octanol–water partition coefficient (Wildman–Crippen LogP) is -0.456. The molecule has 1 aliphatic carbocycles. The SMILES string of the molecule is Cc1ccc(Nc2cc([O-])c3c(c2O)C(=O)c2ccccc2C3=O)c(S(=O)(=O)O)c1.[Na+]. The van der Waals surface area contributed by atoms with Gasteiger partial charge in [-0.25, -0.2) is 0 Å². The largest absolute Gasteiger partial charge is 1.00 e. The van der Waals surface area contributed by atoms with Gasteiger partial charge in [0.15, 0.2) is 17.3 Å². The summed E-state index contributed by atoms with van der Waals surface area (Å²) in [6.07, 6.45) is 0. The summed E-state index contributed by atoms with van der Waals surface area (Å²) in [6, 6.07) is 10.9. The molecule has 31 heavy (non-hydrogen) atoms. The van der Waals surface area contributed by atoms with Gasteiger partial charge < -0.3 is 15.5 Å². The van der Waals surface area contributed by atoms with Crippen LogP contribution in [0.5, 0.6) is 11.5 Å². The number of hydrogen-bond donors (Lipinski definition) is 3. The minimum absolute atomic E-state index is 0. The van der Waals surface area contributed by atoms with Crippen LogP contribution in [0.15, 0.2) is 53.4 Å². The number of hydrogen-bond acceptors (Lipinski definition) is 7. The van der Waals surface area contributed by atoms with Crippen molar-refractivity contribution in [2.75, 3.05) is 5.32 Å². The molecule has 0 radical (unpaired) electrons. The Morgan fingerprint density at radius 3 is 2.06 bits per heavy atom. The summed E-state index contributed by atoms with van der Waals surface area (Å²) >= 11 is 0. The molecule has 0 fully saturated rings. The van der Waals surface area contributed by atoms with E-state index in [0.29, 0.717) is 5.56 Å². The van der Waals surface area contributed by atoms with Gasteiger partial charge in [-0.1, -0.05) is 36.1 Å². The van der Waals surface area contributed by atoms with Crippen molar-refractivity contribution in [1.82, 2.24) is 0 Å². The normalized spacial score (nSPS) is 12.6. The third kappa shape index (κ3) is 3.86. The molecule has 0 spiro atoms. The number of phenols is 1. The topological polar surface area (TPSA) is 144 Å². The molecule has 0 atom stereocenters. The second-order valence-corrected chi connectivity index (χ2v) is 8.21. The van der Waals surface area contributed by atoms with E-state index in [-0.39, 0.29) is 52.1 Å². The van der Waals surface area contributed by atoms with Gasteiger partial charge in [-0.2, -0.15) is 8.42 Å². The molecule has 1 aliphatic rings. The zero-order valence-electron chi connectivity index (χ0n) is 16.5. The van der Waals surface area contributed by atoms with Gasteiger partial charge in [0.1, 0.15) is 4.90 Å². The van der Waals surface area contributed by atoms with Crippen LogP contribution in [0.25, 0.3) is 0 Å². The van der Waals surface area contributed by atoms with Crippen molar-refractivity contribution in [3.63, 3.8) is 0 Å². The number of aromatic hydroxyl groups is 1. The first kappa shape index (κ1) is 23.0. The molecule has 8 nitrogen and oxygen atoms in total. The van der Waals surface area contributed by atoms with Gasteiger partial charge in [0.05, 0.1) is 16.9 Å². The van der Waals surface area contributed by atoms with E-state index in [4.69, 9.17) is 0 Å². The third-order valence-electron chi connectivity index (χ3n) is 4.82. The van der Waals surface area contributed by atoms with Crippen LogP contribution in [-0.2, 0) is 10.1 Å². The number of rotatable bonds is 3. The van der Waals surface area contributed by atoms with Gasteiger partial charge in [0.25, 0.3) is 10.1 Å². The Morgan fingerprint density at radius 1 is 0.903 bits per heavy atom. The van der Waals surface area contributed by atoms with Gasteiger partial charge in [-0.05, 0) is 30.7 Å². The molecule has 3 aromatic rings. The van der Waals surface area contributed by atoms with Gasteiger partial charge >= 0.3 is 29.6 Å². The number of carbonyl (C=O) groups is 2. The maximum absolute atomic E-state index is 12.9. The van der Waals surface area contributed by atoms with E-state index >= 15 is 0 Å². The van der Waals surface area contributed by atoms with Crippen molar-refractivity contribution in [2.24, 2.45) is 0 Å². The van der Waals surface area contributed by atoms with Crippen LogP contribution < -0.4 is 40.0 Å². The van der Waals surface area contributed by atoms with Gasteiger partial charge in [0.2, 0.25) is 0 Å². The van der Waals surface area contributed by atoms with Crippen LogP contribution in [0.3, 0.4) is 0 Å². The average Bonchev–Trinajstić information content (AvgIpc) is 2.69. The summed E-state index contributed by atoms with van der Waals surface area (Å²) in [4.78, 5) is 25.1. The molecular weight excluding hydrogens is 433 g/mol. The van der Waals surface area contributed by atoms with Crippen molar-refractivity contribution in [1.29, 1.82) is 0 Å². The number of ketones is 2. The molecule has 0 bridgehead atoms. The number of carbonyl (C=O) groups excluding carboxylic acids is 2. The van der Waals surface area contributed by atoms with E-state index in [1.165, 1.54) is 24.3 Å². The quantitative estimate of drug-likeness (QED) is 0.218. The Bertz CT molecular complexity index is 1370. The smallest absolute Gasteiger partial charge is 0.872 e. The average molecular weight is 447 g/mol. The predicted molar refractivity (Wildman–Crippen MR) is 105 cm³/mol. The summed E-state index contributed by atoms with van der Waals surface area (Å²) in [6.45, 7) is 1.62. The molecular formula is C21H14NNaO7S. The maximum Gasteiger partial charge on any atom is 1.00 e. The van der Waals surface area contributed by atoms with Crippen molar-refractivity contribution >= 4 is 33.1 Å². The molecule has 3 N–H and O–H groups in total. The monoisotopic (exact) mass is 447 g/mol. The Hall–Kier alpha value is -2.69. The van der Waals surface area contributed by atoms with Crippen LogP contribution in [0.1, 0.15) is 37.4 Å². The molecule has 3 aromatic carbocycles. The van der Waals surface area contributed by atoms with E-state index in [0.717, 1.165) is 6.07 Å². The molecule has 0 heterocycles. The zero-order valence-corrected chi connectivity index (χ0v) is 19.3. The first-order valence-electron chi connectivity index (χ1n) is 8.70. The van der Waals surface area contributed by atoms with Crippen LogP contribution in [0.2, 0.25) is 0 Å². The minimum Gasteiger partial charge on any atom is -0.872 e. The van der Waals surface area contributed by atoms with Crippen molar-refractivity contribution in [3.8, 4) is 11.5 Å². The molecule has 0 saturated heterocycles. The third-order valence-corrected chi connectivity index (χ3v) is 5.71. The minimum atomic E-state index is -4.62. The summed E-state index contributed by atoms with van der Waals surface area (Å²) in [5.41, 5.74) is -0.615. The van der Waals surface area contributed by atoms with E-state index in [9.17, 15) is 32.8 Å². The van der Waals surface area contributed by atoms with Gasteiger partial charge in [-0.15, -0.1) is 0 Å². The fourth-order valence-electron chi connectivity index (χ4n) is 3.43. The second kappa shape index (κ2) is 8.10. The molecule has 152 valence electrons. The number of nitrogens with one attached hydrogen (secondary N) is 1.